The van der Waals surface area contributed by atoms with Crippen molar-refractivity contribution in [1.29, 1.82) is 0 Å². The molecule has 1 amide bonds. The quantitative estimate of drug-likeness (QED) is 0.707. The Bertz CT molecular complexity index is 407. The molecule has 0 saturated heterocycles. The molecule has 0 aromatic carbocycles. The summed E-state index contributed by atoms with van der Waals surface area (Å²) in [6, 6.07) is 1.49. The van der Waals surface area contributed by atoms with Crippen LogP contribution in [0.1, 0.15) is 26.5 Å². The van der Waals surface area contributed by atoms with Crippen LogP contribution >= 0.6 is 0 Å². The van der Waals surface area contributed by atoms with E-state index in [0.717, 1.165) is 12.2 Å². The minimum absolute atomic E-state index is 0.0428. The zero-order chi connectivity index (χ0) is 13.5. The average Bonchev–Trinajstić information content (AvgIpc) is 2.28. The van der Waals surface area contributed by atoms with Crippen LogP contribution in [0.2, 0.25) is 0 Å². The number of nitrogens with one attached hydrogen (secondary N) is 3. The molecule has 0 bridgehead atoms. The largest absolute Gasteiger partial charge is 0.358 e. The average molecular weight is 251 g/mol. The summed E-state index contributed by atoms with van der Waals surface area (Å²) in [7, 11) is 0. The van der Waals surface area contributed by atoms with E-state index in [1.165, 1.54) is 0 Å². The number of rotatable bonds is 6. The standard InChI is InChI=1S/C12H21N5O/c1-5-13-11(18)9(4)16-10-7-8(3)15-12(17-10)14-6-2/h7,9H,5-6H2,1-4H3,(H,13,18)(H2,14,15,16,17). The summed E-state index contributed by atoms with van der Waals surface area (Å²) in [4.78, 5) is 20.2. The lowest BCUT2D eigenvalue weighted by atomic mass is 10.3. The lowest BCUT2D eigenvalue weighted by Crippen LogP contribution is -2.37. The molecule has 0 aliphatic heterocycles. The minimum atomic E-state index is -0.325. The number of hydrogen-bond donors (Lipinski definition) is 3. The van der Waals surface area contributed by atoms with Gasteiger partial charge >= 0.3 is 0 Å². The van der Waals surface area contributed by atoms with E-state index in [1.54, 1.807) is 6.92 Å². The van der Waals surface area contributed by atoms with Gasteiger partial charge in [-0.15, -0.1) is 0 Å². The second-order valence-electron chi connectivity index (χ2n) is 4.01. The maximum atomic E-state index is 11.6. The van der Waals surface area contributed by atoms with E-state index in [1.807, 2.05) is 26.8 Å². The summed E-state index contributed by atoms with van der Waals surface area (Å²) in [5.41, 5.74) is 0.853. The normalized spacial score (nSPS) is 11.8. The highest BCUT2D eigenvalue weighted by Gasteiger charge is 2.12. The fourth-order valence-electron chi connectivity index (χ4n) is 1.49. The van der Waals surface area contributed by atoms with Crippen LogP contribution in [0.4, 0.5) is 11.8 Å². The van der Waals surface area contributed by atoms with E-state index in [0.29, 0.717) is 18.3 Å². The van der Waals surface area contributed by atoms with Crippen molar-refractivity contribution in [3.05, 3.63) is 11.8 Å². The highest BCUT2D eigenvalue weighted by Crippen LogP contribution is 2.10. The number of aryl methyl sites for hydroxylation is 1. The summed E-state index contributed by atoms with van der Waals surface area (Å²) in [6.07, 6.45) is 0. The van der Waals surface area contributed by atoms with Gasteiger partial charge in [0.25, 0.3) is 0 Å². The number of hydrogen-bond acceptors (Lipinski definition) is 5. The van der Waals surface area contributed by atoms with Gasteiger partial charge in [-0.2, -0.15) is 4.98 Å². The number of amides is 1. The Kier molecular flexibility index (Phi) is 5.35. The summed E-state index contributed by atoms with van der Waals surface area (Å²) < 4.78 is 0. The Labute approximate surface area is 108 Å². The van der Waals surface area contributed by atoms with Gasteiger partial charge < -0.3 is 16.0 Å². The van der Waals surface area contributed by atoms with Gasteiger partial charge in [0.15, 0.2) is 0 Å². The molecule has 1 aromatic rings. The molecule has 1 rings (SSSR count). The van der Waals surface area contributed by atoms with Gasteiger partial charge in [0, 0.05) is 24.8 Å². The number of likely N-dealkylation sites (N-methyl/N-ethyl adjacent to an activating group) is 1. The van der Waals surface area contributed by atoms with Gasteiger partial charge in [-0.3, -0.25) is 4.79 Å². The van der Waals surface area contributed by atoms with Crippen molar-refractivity contribution < 1.29 is 4.79 Å². The van der Waals surface area contributed by atoms with Gasteiger partial charge in [0.2, 0.25) is 11.9 Å². The van der Waals surface area contributed by atoms with Crippen molar-refractivity contribution in [2.24, 2.45) is 0 Å². The molecular weight excluding hydrogens is 230 g/mol. The third-order valence-electron chi connectivity index (χ3n) is 2.30. The number of anilines is 2. The Morgan fingerprint density at radius 1 is 1.33 bits per heavy atom. The molecule has 0 radical (unpaired) electrons. The zero-order valence-corrected chi connectivity index (χ0v) is 11.4. The van der Waals surface area contributed by atoms with Crippen LogP contribution in [0.3, 0.4) is 0 Å². The molecule has 0 fully saturated rings. The van der Waals surface area contributed by atoms with Crippen LogP contribution in [-0.2, 0) is 4.79 Å². The zero-order valence-electron chi connectivity index (χ0n) is 11.4. The van der Waals surface area contributed by atoms with Crippen molar-refractivity contribution >= 4 is 17.7 Å². The van der Waals surface area contributed by atoms with E-state index >= 15 is 0 Å². The maximum Gasteiger partial charge on any atom is 0.242 e. The third-order valence-corrected chi connectivity index (χ3v) is 2.30. The van der Waals surface area contributed by atoms with Gasteiger partial charge in [0.05, 0.1) is 0 Å². The van der Waals surface area contributed by atoms with Crippen LogP contribution < -0.4 is 16.0 Å². The van der Waals surface area contributed by atoms with Crippen LogP contribution in [0, 0.1) is 6.92 Å². The predicted octanol–water partition coefficient (Wildman–Crippen LogP) is 1.15. The van der Waals surface area contributed by atoms with Crippen LogP contribution in [0.25, 0.3) is 0 Å². The van der Waals surface area contributed by atoms with Crippen molar-refractivity contribution in [1.82, 2.24) is 15.3 Å². The van der Waals surface area contributed by atoms with E-state index in [-0.39, 0.29) is 11.9 Å². The van der Waals surface area contributed by atoms with Crippen LogP contribution in [0.15, 0.2) is 6.07 Å². The van der Waals surface area contributed by atoms with Crippen molar-refractivity contribution in [2.45, 2.75) is 33.7 Å². The monoisotopic (exact) mass is 251 g/mol. The maximum absolute atomic E-state index is 11.6. The first-order chi connectivity index (χ1) is 8.56. The van der Waals surface area contributed by atoms with E-state index < -0.39 is 0 Å². The number of carbonyl (C=O) groups is 1. The molecule has 6 nitrogen and oxygen atoms in total. The molecule has 3 N–H and O–H groups in total. The van der Waals surface area contributed by atoms with Gasteiger partial charge in [-0.05, 0) is 27.7 Å². The molecule has 18 heavy (non-hydrogen) atoms. The molecule has 100 valence electrons. The smallest absolute Gasteiger partial charge is 0.242 e. The molecule has 1 heterocycles. The minimum Gasteiger partial charge on any atom is -0.358 e. The Balaban J connectivity index is 2.74. The van der Waals surface area contributed by atoms with Crippen LogP contribution in [-0.4, -0.2) is 35.0 Å². The first-order valence-electron chi connectivity index (χ1n) is 6.20. The summed E-state index contributed by atoms with van der Waals surface area (Å²) in [5.74, 6) is 1.18. The predicted molar refractivity (Wildman–Crippen MR) is 72.7 cm³/mol. The molecule has 0 aliphatic rings. The van der Waals surface area contributed by atoms with Gasteiger partial charge in [-0.25, -0.2) is 4.98 Å². The number of carbonyl (C=O) groups excluding carboxylic acids is 1. The van der Waals surface area contributed by atoms with Gasteiger partial charge in [0.1, 0.15) is 11.9 Å². The summed E-state index contributed by atoms with van der Waals surface area (Å²) in [5, 5.41) is 8.88. The summed E-state index contributed by atoms with van der Waals surface area (Å²) >= 11 is 0. The molecule has 1 aromatic heterocycles. The molecule has 0 saturated carbocycles. The molecule has 1 unspecified atom stereocenters. The van der Waals surface area contributed by atoms with Crippen molar-refractivity contribution in [3.8, 4) is 0 Å². The SMILES string of the molecule is CCNC(=O)C(C)Nc1cc(C)nc(NCC)n1. The molecule has 0 aliphatic carbocycles. The fraction of sp³-hybridized carbons (Fsp3) is 0.583. The second-order valence-corrected chi connectivity index (χ2v) is 4.01. The van der Waals surface area contributed by atoms with E-state index in [2.05, 4.69) is 25.9 Å². The van der Waals surface area contributed by atoms with Gasteiger partial charge in [-0.1, -0.05) is 0 Å². The van der Waals surface area contributed by atoms with E-state index in [9.17, 15) is 4.79 Å². The number of aromatic nitrogens is 2. The second kappa shape index (κ2) is 6.78. The highest BCUT2D eigenvalue weighted by atomic mass is 16.2. The lowest BCUT2D eigenvalue weighted by molar-refractivity contribution is -0.121. The Morgan fingerprint density at radius 3 is 2.67 bits per heavy atom. The fourth-order valence-corrected chi connectivity index (χ4v) is 1.49. The first kappa shape index (κ1) is 14.2. The third kappa shape index (κ3) is 4.20. The van der Waals surface area contributed by atoms with Crippen molar-refractivity contribution in [2.75, 3.05) is 23.7 Å². The lowest BCUT2D eigenvalue weighted by Gasteiger charge is -2.15. The summed E-state index contributed by atoms with van der Waals surface area (Å²) in [6.45, 7) is 8.95. The van der Waals surface area contributed by atoms with Crippen molar-refractivity contribution in [3.63, 3.8) is 0 Å². The highest BCUT2D eigenvalue weighted by molar-refractivity contribution is 5.83. The topological polar surface area (TPSA) is 78.9 Å². The first-order valence-corrected chi connectivity index (χ1v) is 6.20. The Hall–Kier alpha value is -1.85. The van der Waals surface area contributed by atoms with Crippen LogP contribution in [0.5, 0.6) is 0 Å². The Morgan fingerprint density at radius 2 is 2.06 bits per heavy atom. The molecule has 1 atom stereocenters. The molecule has 0 spiro atoms. The number of nitrogens with zero attached hydrogens (tertiary/aromatic N) is 2. The molecular formula is C12H21N5O. The van der Waals surface area contributed by atoms with E-state index in [4.69, 9.17) is 0 Å². The molecule has 6 heteroatoms.